The number of carbonyl (C=O) groups is 1. The Morgan fingerprint density at radius 3 is 2.47 bits per heavy atom. The van der Waals surface area contributed by atoms with Gasteiger partial charge in [0, 0.05) is 31.4 Å². The summed E-state index contributed by atoms with van der Waals surface area (Å²) in [6.07, 6.45) is 3.24. The highest BCUT2D eigenvalue weighted by Crippen LogP contribution is 2.34. The summed E-state index contributed by atoms with van der Waals surface area (Å²) in [5.41, 5.74) is 6.19. The molecule has 1 aliphatic rings. The monoisotopic (exact) mass is 245 g/mol. The lowest BCUT2D eigenvalue weighted by Gasteiger charge is -2.18. The molecule has 15 heavy (non-hydrogen) atoms. The van der Waals surface area contributed by atoms with Gasteiger partial charge in [0.15, 0.2) is 0 Å². The molecule has 0 bridgehead atoms. The summed E-state index contributed by atoms with van der Waals surface area (Å²) in [5.74, 6) is -0.0579. The van der Waals surface area contributed by atoms with Crippen LogP contribution in [-0.4, -0.2) is 23.5 Å². The number of aromatic nitrogens is 1. The maximum absolute atomic E-state index is 11.6. The molecule has 0 spiro atoms. The molecule has 1 atom stereocenters. The molecule has 1 unspecified atom stereocenters. The third kappa shape index (κ3) is 1.93. The molecule has 1 aromatic heterocycles. The smallest absolute Gasteiger partial charge is 0.228 e. The van der Waals surface area contributed by atoms with Gasteiger partial charge in [0.1, 0.15) is 0 Å². The topological polar surface area (TPSA) is 59.2 Å². The lowest BCUT2D eigenvalue weighted by molar-refractivity contribution is -0.117. The van der Waals surface area contributed by atoms with E-state index in [1.165, 1.54) is 17.3 Å². The highest BCUT2D eigenvalue weighted by molar-refractivity contribution is 6.39. The molecule has 4 nitrogen and oxygen atoms in total. The highest BCUT2D eigenvalue weighted by Gasteiger charge is 2.30. The van der Waals surface area contributed by atoms with E-state index in [1.807, 2.05) is 0 Å². The van der Waals surface area contributed by atoms with E-state index in [-0.39, 0.29) is 11.9 Å². The van der Waals surface area contributed by atoms with Crippen LogP contribution < -0.4 is 10.6 Å². The molecule has 6 heteroatoms. The Morgan fingerprint density at radius 2 is 2.00 bits per heavy atom. The maximum Gasteiger partial charge on any atom is 0.228 e. The van der Waals surface area contributed by atoms with Crippen molar-refractivity contribution in [1.29, 1.82) is 0 Å². The van der Waals surface area contributed by atoms with Crippen LogP contribution in [0, 0.1) is 0 Å². The van der Waals surface area contributed by atoms with Crippen molar-refractivity contribution in [2.75, 3.05) is 11.4 Å². The van der Waals surface area contributed by atoms with Crippen LogP contribution in [0.15, 0.2) is 12.4 Å². The Bertz CT molecular complexity index is 390. The van der Waals surface area contributed by atoms with E-state index < -0.39 is 0 Å². The van der Waals surface area contributed by atoms with Crippen molar-refractivity contribution in [3.63, 3.8) is 0 Å². The van der Waals surface area contributed by atoms with Gasteiger partial charge in [-0.1, -0.05) is 23.2 Å². The van der Waals surface area contributed by atoms with Crippen LogP contribution in [-0.2, 0) is 4.79 Å². The number of amides is 1. The fourth-order valence-corrected chi connectivity index (χ4v) is 2.18. The first-order chi connectivity index (χ1) is 7.09. The molecule has 2 N–H and O–H groups in total. The largest absolute Gasteiger partial charge is 0.326 e. The molecule has 1 amide bonds. The zero-order valence-electron chi connectivity index (χ0n) is 7.78. The lowest BCUT2D eigenvalue weighted by Crippen LogP contribution is -2.28. The van der Waals surface area contributed by atoms with Crippen molar-refractivity contribution in [1.82, 2.24) is 4.98 Å². The highest BCUT2D eigenvalue weighted by atomic mass is 35.5. The average molecular weight is 246 g/mol. The molecule has 0 aromatic carbocycles. The van der Waals surface area contributed by atoms with Gasteiger partial charge in [0.05, 0.1) is 15.7 Å². The molecule has 2 rings (SSSR count). The Hall–Kier alpha value is -0.840. The van der Waals surface area contributed by atoms with Crippen molar-refractivity contribution in [3.05, 3.63) is 22.4 Å². The minimum Gasteiger partial charge on any atom is -0.326 e. The van der Waals surface area contributed by atoms with Crippen LogP contribution in [0.5, 0.6) is 0 Å². The van der Waals surface area contributed by atoms with E-state index in [0.29, 0.717) is 28.7 Å². The van der Waals surface area contributed by atoms with Gasteiger partial charge in [0.2, 0.25) is 5.91 Å². The molecular weight excluding hydrogens is 237 g/mol. The second-order valence-corrected chi connectivity index (χ2v) is 4.23. The van der Waals surface area contributed by atoms with Gasteiger partial charge in [-0.25, -0.2) is 0 Å². The van der Waals surface area contributed by atoms with E-state index in [2.05, 4.69) is 4.98 Å². The third-order valence-corrected chi connectivity index (χ3v) is 2.81. The second-order valence-electron chi connectivity index (χ2n) is 3.42. The van der Waals surface area contributed by atoms with E-state index in [4.69, 9.17) is 28.9 Å². The van der Waals surface area contributed by atoms with Gasteiger partial charge in [-0.05, 0) is 0 Å². The van der Waals surface area contributed by atoms with Gasteiger partial charge in [0.25, 0.3) is 0 Å². The number of hydrogen-bond donors (Lipinski definition) is 1. The molecule has 0 radical (unpaired) electrons. The molecular formula is C9H9Cl2N3O. The summed E-state index contributed by atoms with van der Waals surface area (Å²) >= 11 is 11.9. The van der Waals surface area contributed by atoms with Crippen molar-refractivity contribution < 1.29 is 4.79 Å². The van der Waals surface area contributed by atoms with Crippen LogP contribution in [0.2, 0.25) is 10.0 Å². The minimum absolute atomic E-state index is 0.0579. The van der Waals surface area contributed by atoms with Crippen molar-refractivity contribution in [3.8, 4) is 0 Å². The molecule has 2 heterocycles. The van der Waals surface area contributed by atoms with Crippen molar-refractivity contribution in [2.45, 2.75) is 12.5 Å². The van der Waals surface area contributed by atoms with Crippen LogP contribution in [0.25, 0.3) is 0 Å². The summed E-state index contributed by atoms with van der Waals surface area (Å²) in [6.45, 7) is 0.447. The zero-order valence-corrected chi connectivity index (χ0v) is 9.29. The van der Waals surface area contributed by atoms with Crippen molar-refractivity contribution >= 4 is 34.8 Å². The Kier molecular flexibility index (Phi) is 2.82. The number of pyridine rings is 1. The van der Waals surface area contributed by atoms with E-state index in [1.54, 1.807) is 0 Å². The molecule has 80 valence electrons. The fourth-order valence-electron chi connectivity index (χ4n) is 1.61. The Labute approximate surface area is 97.0 Å². The summed E-state index contributed by atoms with van der Waals surface area (Å²) in [6, 6.07) is -0.155. The summed E-state index contributed by atoms with van der Waals surface area (Å²) < 4.78 is 0. The van der Waals surface area contributed by atoms with Crippen molar-refractivity contribution in [2.24, 2.45) is 5.73 Å². The maximum atomic E-state index is 11.6. The van der Waals surface area contributed by atoms with E-state index in [9.17, 15) is 4.79 Å². The molecule has 0 aliphatic carbocycles. The summed E-state index contributed by atoms with van der Waals surface area (Å²) in [7, 11) is 0. The van der Waals surface area contributed by atoms with Gasteiger partial charge < -0.3 is 10.6 Å². The van der Waals surface area contributed by atoms with E-state index >= 15 is 0 Å². The normalized spacial score (nSPS) is 21.1. The number of hydrogen-bond acceptors (Lipinski definition) is 3. The van der Waals surface area contributed by atoms with Crippen LogP contribution in [0.4, 0.5) is 5.69 Å². The number of nitrogens with zero attached hydrogens (tertiary/aromatic N) is 2. The quantitative estimate of drug-likeness (QED) is 0.815. The summed E-state index contributed by atoms with van der Waals surface area (Å²) in [4.78, 5) is 16.9. The predicted octanol–water partition coefficient (Wildman–Crippen LogP) is 1.45. The SMILES string of the molecule is NC1CC(=O)N(c2c(Cl)cncc2Cl)C1. The molecule has 1 saturated heterocycles. The lowest BCUT2D eigenvalue weighted by atomic mass is 10.3. The molecule has 1 aliphatic heterocycles. The first-order valence-electron chi connectivity index (χ1n) is 4.44. The summed E-state index contributed by atoms with van der Waals surface area (Å²) in [5, 5.41) is 0.731. The van der Waals surface area contributed by atoms with Gasteiger partial charge in [-0.3, -0.25) is 9.78 Å². The van der Waals surface area contributed by atoms with Crippen LogP contribution >= 0.6 is 23.2 Å². The number of rotatable bonds is 1. The molecule has 0 saturated carbocycles. The van der Waals surface area contributed by atoms with E-state index in [0.717, 1.165) is 0 Å². The first kappa shape index (κ1) is 10.7. The average Bonchev–Trinajstić information content (AvgIpc) is 2.45. The zero-order chi connectivity index (χ0) is 11.0. The number of nitrogens with two attached hydrogens (primary N) is 1. The first-order valence-corrected chi connectivity index (χ1v) is 5.20. The van der Waals surface area contributed by atoms with Gasteiger partial charge >= 0.3 is 0 Å². The standard InChI is InChI=1S/C9H9Cl2N3O/c10-6-2-13-3-7(11)9(6)14-4-5(12)1-8(14)15/h2-3,5H,1,4,12H2. The molecule has 1 aromatic rings. The molecule has 1 fully saturated rings. The third-order valence-electron chi connectivity index (χ3n) is 2.25. The number of anilines is 1. The fraction of sp³-hybridized carbons (Fsp3) is 0.333. The van der Waals surface area contributed by atoms with Crippen LogP contribution in [0.3, 0.4) is 0 Å². The minimum atomic E-state index is -0.155. The predicted molar refractivity (Wildman–Crippen MR) is 59.2 cm³/mol. The van der Waals surface area contributed by atoms with Gasteiger partial charge in [-0.15, -0.1) is 0 Å². The Balaban J connectivity index is 2.41. The number of halogens is 2. The Morgan fingerprint density at radius 1 is 1.40 bits per heavy atom. The number of carbonyl (C=O) groups excluding carboxylic acids is 1. The van der Waals surface area contributed by atoms with Crippen LogP contribution in [0.1, 0.15) is 6.42 Å². The second kappa shape index (κ2) is 3.96. The van der Waals surface area contributed by atoms with Gasteiger partial charge in [-0.2, -0.15) is 0 Å².